The predicted molar refractivity (Wildman–Crippen MR) is 139 cm³/mol. The number of benzene rings is 1. The summed E-state index contributed by atoms with van der Waals surface area (Å²) in [5.41, 5.74) is 1.64. The number of amides is 1. The molecule has 1 saturated heterocycles. The van der Waals surface area contributed by atoms with Crippen LogP contribution in [0.3, 0.4) is 0 Å². The van der Waals surface area contributed by atoms with Crippen molar-refractivity contribution in [1.82, 2.24) is 19.5 Å². The van der Waals surface area contributed by atoms with E-state index >= 15 is 0 Å². The molecule has 2 aromatic heterocycles. The number of imidazole rings is 1. The summed E-state index contributed by atoms with van der Waals surface area (Å²) in [6.45, 7) is 1.82. The maximum Gasteiger partial charge on any atom is 0.413 e. The summed E-state index contributed by atoms with van der Waals surface area (Å²) < 4.78 is 72.6. The molecule has 2 aliphatic rings. The first-order valence-electron chi connectivity index (χ1n) is 12.2. The molecule has 2 atom stereocenters. The zero-order valence-electron chi connectivity index (χ0n) is 21.4. The third-order valence-electron chi connectivity index (χ3n) is 7.57. The van der Waals surface area contributed by atoms with E-state index in [1.165, 1.54) is 35.9 Å². The van der Waals surface area contributed by atoms with Crippen LogP contribution in [0.5, 0.6) is 0 Å². The van der Waals surface area contributed by atoms with Gasteiger partial charge in [-0.2, -0.15) is 18.3 Å². The summed E-state index contributed by atoms with van der Waals surface area (Å²) in [6, 6.07) is 3.49. The molecular weight excluding hydrogens is 559 g/mol. The minimum Gasteiger partial charge on any atom is -0.377 e. The second kappa shape index (κ2) is 9.63. The van der Waals surface area contributed by atoms with Crippen LogP contribution in [-0.4, -0.2) is 65.7 Å². The van der Waals surface area contributed by atoms with Crippen LogP contribution in [0.15, 0.2) is 36.7 Å². The molecule has 0 bridgehead atoms. The van der Waals surface area contributed by atoms with Gasteiger partial charge in [-0.3, -0.25) is 4.79 Å². The number of rotatable bonds is 7. The standard InChI is InChI=1S/C25H27ClF3N5O4S/c1-14(38-3)20-18(10-30-34-11-19(26)32-22(20)34)31-17-6-4-15(5-7-17)21(25(27,28)29)33(2)23(35)16-8-24(9-16)12-39(36,37)13-24/h4-7,10-11,14,16,21,31H,8-9,12-13H2,1-3H3/t14-,21-/m0/s1. The Hall–Kier alpha value is -2.90. The number of fused-ring (bicyclic) bond motifs is 1. The number of hydrogen-bond donors (Lipinski definition) is 1. The number of ether oxygens (including phenoxy) is 1. The average Bonchev–Trinajstić information content (AvgIpc) is 3.20. The third-order valence-corrected chi connectivity index (χ3v) is 9.86. The van der Waals surface area contributed by atoms with E-state index in [-0.39, 0.29) is 22.2 Å². The van der Waals surface area contributed by atoms with Crippen LogP contribution in [0.2, 0.25) is 5.15 Å². The van der Waals surface area contributed by atoms with Crippen molar-refractivity contribution in [2.45, 2.75) is 38.1 Å². The molecular formula is C25H27ClF3N5O4S. The molecule has 9 nitrogen and oxygen atoms in total. The van der Waals surface area contributed by atoms with E-state index in [0.29, 0.717) is 35.4 Å². The fraction of sp³-hybridized carbons (Fsp3) is 0.480. The van der Waals surface area contributed by atoms with E-state index in [2.05, 4.69) is 15.4 Å². The minimum atomic E-state index is -4.71. The molecule has 1 amide bonds. The Morgan fingerprint density at radius 2 is 1.90 bits per heavy atom. The van der Waals surface area contributed by atoms with Crippen molar-refractivity contribution in [3.63, 3.8) is 0 Å². The van der Waals surface area contributed by atoms with Crippen LogP contribution in [0.25, 0.3) is 5.65 Å². The topological polar surface area (TPSA) is 106 Å². The number of methoxy groups -OCH3 is 1. The fourth-order valence-corrected chi connectivity index (χ4v) is 8.21. The molecule has 0 unspecified atom stereocenters. The first-order chi connectivity index (χ1) is 18.2. The molecule has 39 heavy (non-hydrogen) atoms. The number of carbonyl (C=O) groups excluding carboxylic acids is 1. The number of anilines is 2. The van der Waals surface area contributed by atoms with Gasteiger partial charge in [0.15, 0.2) is 21.5 Å². The van der Waals surface area contributed by atoms with Crippen molar-refractivity contribution < 1.29 is 31.1 Å². The summed E-state index contributed by atoms with van der Waals surface area (Å²) in [6.07, 6.45) is -1.41. The van der Waals surface area contributed by atoms with E-state index in [1.807, 2.05) is 6.92 Å². The van der Waals surface area contributed by atoms with Gasteiger partial charge < -0.3 is 15.0 Å². The lowest BCUT2D eigenvalue weighted by Crippen LogP contribution is -2.59. The van der Waals surface area contributed by atoms with Crippen molar-refractivity contribution in [2.75, 3.05) is 31.0 Å². The highest BCUT2D eigenvalue weighted by Crippen LogP contribution is 2.54. The lowest BCUT2D eigenvalue weighted by Gasteiger charge is -2.53. The van der Waals surface area contributed by atoms with E-state index in [0.717, 1.165) is 11.9 Å². The Balaban J connectivity index is 1.35. The van der Waals surface area contributed by atoms with Gasteiger partial charge in [0, 0.05) is 25.8 Å². The Labute approximate surface area is 228 Å². The molecule has 1 aliphatic carbocycles. The minimum absolute atomic E-state index is 0.00556. The normalized spacial score (nSPS) is 19.8. The molecule has 1 N–H and O–H groups in total. The molecule has 5 rings (SSSR count). The monoisotopic (exact) mass is 585 g/mol. The molecule has 0 radical (unpaired) electrons. The first kappa shape index (κ1) is 27.7. The number of nitrogens with zero attached hydrogens (tertiary/aromatic N) is 4. The van der Waals surface area contributed by atoms with Crippen molar-refractivity contribution in [3.05, 3.63) is 52.9 Å². The maximum atomic E-state index is 14.2. The summed E-state index contributed by atoms with van der Waals surface area (Å²) >= 11 is 6.04. The van der Waals surface area contributed by atoms with Crippen LogP contribution >= 0.6 is 11.6 Å². The van der Waals surface area contributed by atoms with Gasteiger partial charge in [0.25, 0.3) is 0 Å². The van der Waals surface area contributed by atoms with Gasteiger partial charge in [-0.25, -0.2) is 17.9 Å². The quantitative estimate of drug-likeness (QED) is 0.428. The number of alkyl halides is 3. The van der Waals surface area contributed by atoms with E-state index in [1.54, 1.807) is 12.4 Å². The number of aromatic nitrogens is 3. The third kappa shape index (κ3) is 5.19. The van der Waals surface area contributed by atoms with Gasteiger partial charge in [0.1, 0.15) is 5.15 Å². The Morgan fingerprint density at radius 1 is 1.26 bits per heavy atom. The van der Waals surface area contributed by atoms with E-state index < -0.39 is 45.4 Å². The van der Waals surface area contributed by atoms with Crippen molar-refractivity contribution in [2.24, 2.45) is 11.3 Å². The Bertz CT molecular complexity index is 1510. The van der Waals surface area contributed by atoms with E-state index in [9.17, 15) is 26.4 Å². The number of hydrogen-bond acceptors (Lipinski definition) is 7. The van der Waals surface area contributed by atoms with Gasteiger partial charge in [-0.1, -0.05) is 23.7 Å². The second-order valence-corrected chi connectivity index (χ2v) is 12.9. The van der Waals surface area contributed by atoms with Crippen LogP contribution in [0.1, 0.15) is 43.0 Å². The highest BCUT2D eigenvalue weighted by molar-refractivity contribution is 7.92. The van der Waals surface area contributed by atoms with Crippen LogP contribution in [0.4, 0.5) is 24.5 Å². The molecule has 210 valence electrons. The van der Waals surface area contributed by atoms with E-state index in [4.69, 9.17) is 16.3 Å². The average molecular weight is 586 g/mol. The Morgan fingerprint density at radius 3 is 2.46 bits per heavy atom. The molecule has 1 saturated carbocycles. The van der Waals surface area contributed by atoms with Gasteiger partial charge in [-0.15, -0.1) is 0 Å². The maximum absolute atomic E-state index is 14.2. The number of nitrogens with one attached hydrogen (secondary N) is 1. The lowest BCUT2D eigenvalue weighted by molar-refractivity contribution is -0.193. The number of carbonyl (C=O) groups is 1. The first-order valence-corrected chi connectivity index (χ1v) is 14.4. The van der Waals surface area contributed by atoms with Crippen LogP contribution in [-0.2, 0) is 19.4 Å². The molecule has 14 heteroatoms. The fourth-order valence-electron chi connectivity index (χ4n) is 5.78. The SMILES string of the molecule is CO[C@@H](C)c1c(Nc2ccc([C@H](N(C)C(=O)C3CC4(C3)CS(=O)(=O)C4)C(F)(F)F)cc2)cnn2cc(Cl)nc12. The summed E-state index contributed by atoms with van der Waals surface area (Å²) in [4.78, 5) is 18.0. The predicted octanol–water partition coefficient (Wildman–Crippen LogP) is 4.72. The molecule has 1 spiro atoms. The number of sulfone groups is 1. The highest BCUT2D eigenvalue weighted by Gasteiger charge is 2.59. The molecule has 2 fully saturated rings. The van der Waals surface area contributed by atoms with Crippen molar-refractivity contribution >= 4 is 44.4 Å². The van der Waals surface area contributed by atoms with Gasteiger partial charge >= 0.3 is 6.18 Å². The Kier molecular flexibility index (Phi) is 6.83. The van der Waals surface area contributed by atoms with Crippen LogP contribution < -0.4 is 5.32 Å². The number of halogens is 4. The second-order valence-electron chi connectivity index (χ2n) is 10.5. The highest BCUT2D eigenvalue weighted by atomic mass is 35.5. The molecule has 3 aromatic rings. The zero-order valence-corrected chi connectivity index (χ0v) is 22.9. The van der Waals surface area contributed by atoms with Gasteiger partial charge in [-0.05, 0) is 42.9 Å². The zero-order chi connectivity index (χ0) is 28.3. The smallest absolute Gasteiger partial charge is 0.377 e. The molecule has 1 aliphatic heterocycles. The summed E-state index contributed by atoms with van der Waals surface area (Å²) in [7, 11) is -0.398. The van der Waals surface area contributed by atoms with Crippen molar-refractivity contribution in [1.29, 1.82) is 0 Å². The largest absolute Gasteiger partial charge is 0.413 e. The van der Waals surface area contributed by atoms with Crippen LogP contribution in [0, 0.1) is 11.3 Å². The van der Waals surface area contributed by atoms with Crippen molar-refractivity contribution in [3.8, 4) is 0 Å². The lowest BCUT2D eigenvalue weighted by atomic mass is 9.63. The molecule has 3 heterocycles. The summed E-state index contributed by atoms with van der Waals surface area (Å²) in [5, 5.41) is 7.69. The molecule has 1 aromatic carbocycles. The van der Waals surface area contributed by atoms with Gasteiger partial charge in [0.05, 0.1) is 41.3 Å². The van der Waals surface area contributed by atoms with Gasteiger partial charge in [0.2, 0.25) is 5.91 Å². The summed E-state index contributed by atoms with van der Waals surface area (Å²) in [5.74, 6) is -1.24.